The van der Waals surface area contributed by atoms with Crippen LogP contribution < -0.4 is 14.6 Å². The molecule has 0 N–H and O–H groups in total. The number of hydrogen-bond donors (Lipinski definition) is 0. The van der Waals surface area contributed by atoms with Gasteiger partial charge in [-0.15, -0.1) is 0 Å². The lowest BCUT2D eigenvalue weighted by Crippen LogP contribution is -2.48. The van der Waals surface area contributed by atoms with Gasteiger partial charge in [0.1, 0.15) is 24.2 Å². The third-order valence-corrected chi connectivity index (χ3v) is 10.0. The highest BCUT2D eigenvalue weighted by atomic mass is 16.6. The van der Waals surface area contributed by atoms with Gasteiger partial charge in [0.25, 0.3) is 0 Å². The molecule has 260 valence electrons. The van der Waals surface area contributed by atoms with Gasteiger partial charge in [0.15, 0.2) is 0 Å². The molecule has 49 heavy (non-hydrogen) atoms. The summed E-state index contributed by atoms with van der Waals surface area (Å²) in [7, 11) is 0. The van der Waals surface area contributed by atoms with E-state index in [4.69, 9.17) is 18.9 Å². The molecule has 0 unspecified atom stereocenters. The zero-order valence-electron chi connectivity index (χ0n) is 29.4. The fraction of sp³-hybridized carbons (Fsp3) is 0.476. The van der Waals surface area contributed by atoms with Crippen LogP contribution in [0.4, 0.5) is 0 Å². The second kappa shape index (κ2) is 15.1. The van der Waals surface area contributed by atoms with E-state index < -0.39 is 11.7 Å². The Kier molecular flexibility index (Phi) is 10.7. The third-order valence-electron chi connectivity index (χ3n) is 10.0. The van der Waals surface area contributed by atoms with Crippen LogP contribution in [0.25, 0.3) is 17.2 Å². The van der Waals surface area contributed by atoms with E-state index in [0.29, 0.717) is 38.5 Å². The zero-order chi connectivity index (χ0) is 34.4. The largest absolute Gasteiger partial charge is 0.595 e. The smallest absolute Gasteiger partial charge is 0.330 e. The Morgan fingerprint density at radius 1 is 0.918 bits per heavy atom. The minimum atomic E-state index is -0.583. The van der Waals surface area contributed by atoms with Crippen LogP contribution in [0.3, 0.4) is 0 Å². The van der Waals surface area contributed by atoms with Crippen LogP contribution in [0.5, 0.6) is 11.5 Å². The van der Waals surface area contributed by atoms with Crippen LogP contribution in [-0.2, 0) is 26.3 Å². The molecule has 0 aromatic heterocycles. The highest BCUT2D eigenvalue weighted by Gasteiger charge is 2.52. The first-order chi connectivity index (χ1) is 23.6. The van der Waals surface area contributed by atoms with E-state index in [9.17, 15) is 9.90 Å². The normalized spacial score (nSPS) is 23.1. The van der Waals surface area contributed by atoms with Gasteiger partial charge in [-0.1, -0.05) is 69.3 Å². The third kappa shape index (κ3) is 8.86. The topological polar surface area (TPSA) is 89.4 Å². The summed E-state index contributed by atoms with van der Waals surface area (Å²) in [4.78, 5) is 16.1. The molecule has 0 amide bonds. The molecule has 3 aromatic rings. The maximum Gasteiger partial charge on any atom is 0.330 e. The summed E-state index contributed by atoms with van der Waals surface area (Å²) in [5.41, 5.74) is 4.90. The Balaban J connectivity index is 1.30. The van der Waals surface area contributed by atoms with Gasteiger partial charge in [0, 0.05) is 35.8 Å². The molecule has 4 fully saturated rings. The highest BCUT2D eigenvalue weighted by Crippen LogP contribution is 2.62. The van der Waals surface area contributed by atoms with Crippen LogP contribution in [0.2, 0.25) is 0 Å². The molecule has 7 rings (SSSR count). The van der Waals surface area contributed by atoms with E-state index in [1.165, 1.54) is 50.2 Å². The molecule has 7 nitrogen and oxygen atoms in total. The van der Waals surface area contributed by atoms with Crippen molar-refractivity contribution in [2.75, 3.05) is 19.8 Å². The molecular formula is C42H50NO6-. The van der Waals surface area contributed by atoms with Gasteiger partial charge < -0.3 is 24.1 Å². The molecular weight excluding hydrogens is 614 g/mol. The second-order valence-corrected chi connectivity index (χ2v) is 15.1. The van der Waals surface area contributed by atoms with Gasteiger partial charge in [-0.3, -0.25) is 4.99 Å². The molecule has 0 atom stereocenters. The van der Waals surface area contributed by atoms with Crippen LogP contribution in [-0.4, -0.2) is 37.4 Å². The fourth-order valence-corrected chi connectivity index (χ4v) is 8.48. The number of nitrogens with zero attached hydrogens (tertiary/aromatic N) is 1. The summed E-state index contributed by atoms with van der Waals surface area (Å²) in [5.74, 6) is 3.70. The van der Waals surface area contributed by atoms with Gasteiger partial charge in [-0.25, -0.2) is 4.79 Å². The molecule has 0 heterocycles. The summed E-state index contributed by atoms with van der Waals surface area (Å²) in [5, 5.41) is 12.1. The number of benzene rings is 3. The van der Waals surface area contributed by atoms with Crippen LogP contribution in [0, 0.1) is 17.8 Å². The van der Waals surface area contributed by atoms with E-state index in [-0.39, 0.29) is 11.4 Å². The molecule has 3 aromatic carbocycles. The number of rotatable bonds is 13. The highest BCUT2D eigenvalue weighted by molar-refractivity contribution is 5.87. The monoisotopic (exact) mass is 664 g/mol. The fourth-order valence-electron chi connectivity index (χ4n) is 8.48. The lowest BCUT2D eigenvalue weighted by molar-refractivity contribution is -0.260. The number of hydrogen-bond acceptors (Lipinski definition) is 7. The van der Waals surface area contributed by atoms with Crippen molar-refractivity contribution >= 4 is 18.1 Å². The number of carbonyl (C=O) groups excluding carboxylic acids is 1. The van der Waals surface area contributed by atoms with Crippen molar-refractivity contribution in [3.8, 4) is 22.6 Å². The average Bonchev–Trinajstić information content (AvgIpc) is 3.05. The van der Waals surface area contributed by atoms with Crippen molar-refractivity contribution < 1.29 is 28.8 Å². The first-order valence-electron chi connectivity index (χ1n) is 17.9. The van der Waals surface area contributed by atoms with Crippen molar-refractivity contribution in [2.45, 2.75) is 90.3 Å². The number of esters is 1. The first-order valence-corrected chi connectivity index (χ1v) is 17.9. The summed E-state index contributed by atoms with van der Waals surface area (Å²) in [6, 6.07) is 23.1. The second-order valence-electron chi connectivity index (χ2n) is 15.1. The van der Waals surface area contributed by atoms with Crippen molar-refractivity contribution in [1.29, 1.82) is 0 Å². The summed E-state index contributed by atoms with van der Waals surface area (Å²) in [6.45, 7) is 8.78. The SMILES string of the molecule is CCOC(=O)/C=C/c1ccc(-c2ccc(OCc3ccccc3)c(C34CC5CC(CC(C5)C3)C4)c2)c(OCCCN=C([O-])OC(C)(C)C)c1. The van der Waals surface area contributed by atoms with E-state index in [0.717, 1.165) is 45.8 Å². The predicted octanol–water partition coefficient (Wildman–Crippen LogP) is 8.28. The standard InChI is InChI=1S/C42H51NO6/c1-5-46-39(44)17-13-29-12-15-35(38(23-29)47-19-9-18-43-40(45)49-41(2,3)4)34-14-16-37(48-28-30-10-7-6-8-11-30)36(24-34)42-25-31-20-32(26-42)22-33(21-31)27-42/h6-8,10-17,23-24,31-33H,5,9,18-22,25-28H2,1-4H3,(H,43,45)/p-1/b17-13+. The van der Waals surface area contributed by atoms with Crippen molar-refractivity contribution in [3.05, 3.63) is 89.5 Å². The van der Waals surface area contributed by atoms with Gasteiger partial charge >= 0.3 is 5.97 Å². The van der Waals surface area contributed by atoms with Crippen molar-refractivity contribution in [1.82, 2.24) is 0 Å². The van der Waals surface area contributed by atoms with E-state index in [1.807, 2.05) is 39.0 Å². The molecule has 7 heteroatoms. The minimum Gasteiger partial charge on any atom is -0.595 e. The lowest BCUT2D eigenvalue weighted by Gasteiger charge is -2.57. The molecule has 0 aliphatic heterocycles. The molecule has 0 spiro atoms. The van der Waals surface area contributed by atoms with Gasteiger partial charge in [-0.2, -0.15) is 0 Å². The first kappa shape index (κ1) is 34.6. The molecule has 4 aliphatic rings. The van der Waals surface area contributed by atoms with Crippen molar-refractivity contribution in [3.63, 3.8) is 0 Å². The summed E-state index contributed by atoms with van der Waals surface area (Å²) in [6.07, 6.45) is 11.0. The molecule has 0 radical (unpaired) electrons. The van der Waals surface area contributed by atoms with Gasteiger partial charge in [-0.05, 0) is 110 Å². The average molecular weight is 665 g/mol. The zero-order valence-corrected chi connectivity index (χ0v) is 29.4. The Morgan fingerprint density at radius 3 is 2.31 bits per heavy atom. The molecule has 0 saturated heterocycles. The summed E-state index contributed by atoms with van der Waals surface area (Å²) >= 11 is 0. The van der Waals surface area contributed by atoms with E-state index >= 15 is 0 Å². The van der Waals surface area contributed by atoms with E-state index in [2.05, 4.69) is 53.5 Å². The molecule has 4 aliphatic carbocycles. The van der Waals surface area contributed by atoms with Gasteiger partial charge in [0.05, 0.1) is 13.2 Å². The maximum absolute atomic E-state index is 12.1. The Hall–Kier alpha value is -4.26. The Morgan fingerprint density at radius 2 is 1.63 bits per heavy atom. The van der Waals surface area contributed by atoms with Crippen LogP contribution >= 0.6 is 0 Å². The molecule has 4 saturated carbocycles. The van der Waals surface area contributed by atoms with Crippen LogP contribution in [0.15, 0.2) is 77.8 Å². The van der Waals surface area contributed by atoms with Gasteiger partial charge in [0.2, 0.25) is 0 Å². The van der Waals surface area contributed by atoms with Crippen LogP contribution in [0.1, 0.15) is 89.3 Å². The molecule has 4 bridgehead atoms. The Bertz CT molecular complexity index is 1620. The summed E-state index contributed by atoms with van der Waals surface area (Å²) < 4.78 is 23.4. The Labute approximate surface area is 291 Å². The maximum atomic E-state index is 12.1. The number of aliphatic imine (C=N–C) groups is 1. The minimum absolute atomic E-state index is 0.128. The number of ether oxygens (including phenoxy) is 4. The quantitative estimate of drug-likeness (QED) is 0.0601. The lowest BCUT2D eigenvalue weighted by atomic mass is 9.48. The van der Waals surface area contributed by atoms with E-state index in [1.54, 1.807) is 13.0 Å². The predicted molar refractivity (Wildman–Crippen MR) is 191 cm³/mol. The number of carbonyl (C=O) groups is 1. The van der Waals surface area contributed by atoms with Crippen molar-refractivity contribution in [2.24, 2.45) is 22.7 Å².